The van der Waals surface area contributed by atoms with E-state index in [9.17, 15) is 14.7 Å². The molecule has 0 aliphatic rings. The largest absolute Gasteiger partial charge is 0.507 e. The lowest BCUT2D eigenvalue weighted by atomic mass is 10.1. The van der Waals surface area contributed by atoms with Crippen molar-refractivity contribution in [2.24, 2.45) is 0 Å². The van der Waals surface area contributed by atoms with E-state index in [-0.39, 0.29) is 17.2 Å². The molecule has 0 aromatic heterocycles. The topological polar surface area (TPSA) is 86.6 Å². The lowest BCUT2D eigenvalue weighted by Crippen LogP contribution is -2.14. The number of benzene rings is 2. The van der Waals surface area contributed by atoms with Crippen LogP contribution in [0.1, 0.15) is 26.3 Å². The molecule has 0 fully saturated rings. The molecule has 0 saturated carbocycles. The third-order valence-electron chi connectivity index (χ3n) is 2.91. The molecule has 0 aliphatic carbocycles. The number of aromatic carboxylic acids is 1. The maximum absolute atomic E-state index is 12.2. The molecule has 0 heterocycles. The van der Waals surface area contributed by atoms with Crippen molar-refractivity contribution in [3.05, 3.63) is 56.7 Å². The maximum Gasteiger partial charge on any atom is 0.339 e. The van der Waals surface area contributed by atoms with Gasteiger partial charge in [0.05, 0.1) is 5.56 Å². The van der Waals surface area contributed by atoms with Crippen molar-refractivity contribution < 1.29 is 19.8 Å². The van der Waals surface area contributed by atoms with Crippen LogP contribution in [0.2, 0.25) is 0 Å². The maximum atomic E-state index is 12.2. The Morgan fingerprint density at radius 3 is 2.43 bits per heavy atom. The van der Waals surface area contributed by atoms with E-state index in [0.717, 1.165) is 3.57 Å². The molecule has 21 heavy (non-hydrogen) atoms. The van der Waals surface area contributed by atoms with Gasteiger partial charge in [-0.05, 0) is 59.3 Å². The summed E-state index contributed by atoms with van der Waals surface area (Å²) in [5, 5.41) is 21.4. The van der Waals surface area contributed by atoms with E-state index in [1.165, 1.54) is 12.1 Å². The number of carboxylic acids is 1. The Bertz CT molecular complexity index is 728. The summed E-state index contributed by atoms with van der Waals surface area (Å²) in [5.41, 5.74) is 0.967. The average molecular weight is 397 g/mol. The van der Waals surface area contributed by atoms with Crippen molar-refractivity contribution in [3.8, 4) is 5.75 Å². The van der Waals surface area contributed by atoms with E-state index in [1.54, 1.807) is 25.1 Å². The smallest absolute Gasteiger partial charge is 0.339 e. The third kappa shape index (κ3) is 3.33. The van der Waals surface area contributed by atoms with Gasteiger partial charge < -0.3 is 15.5 Å². The molecular formula is C15H12INO4. The number of hydrogen-bond donors (Lipinski definition) is 3. The van der Waals surface area contributed by atoms with Crippen LogP contribution in [0, 0.1) is 10.5 Å². The minimum Gasteiger partial charge on any atom is -0.507 e. The van der Waals surface area contributed by atoms with Crippen LogP contribution in [0.3, 0.4) is 0 Å². The summed E-state index contributed by atoms with van der Waals surface area (Å²) in [6, 6.07) is 9.82. The zero-order valence-corrected chi connectivity index (χ0v) is 13.2. The Morgan fingerprint density at radius 2 is 1.81 bits per heavy atom. The molecule has 1 amide bonds. The van der Waals surface area contributed by atoms with E-state index in [4.69, 9.17) is 5.11 Å². The van der Waals surface area contributed by atoms with Gasteiger partial charge >= 0.3 is 5.97 Å². The first-order valence-electron chi connectivity index (χ1n) is 6.03. The summed E-state index contributed by atoms with van der Waals surface area (Å²) in [7, 11) is 0. The van der Waals surface area contributed by atoms with Gasteiger partial charge in [0.15, 0.2) is 0 Å². The second-order valence-electron chi connectivity index (χ2n) is 4.43. The number of carboxylic acid groups (broad SMARTS) is 1. The molecule has 0 aliphatic heterocycles. The average Bonchev–Trinajstić information content (AvgIpc) is 2.42. The van der Waals surface area contributed by atoms with Gasteiger partial charge in [-0.2, -0.15) is 0 Å². The predicted molar refractivity (Wildman–Crippen MR) is 86.9 cm³/mol. The SMILES string of the molecule is Cc1cc(NC(=O)c2ccccc2I)cc(C(=O)O)c1O. The van der Waals surface area contributed by atoms with Crippen LogP contribution in [-0.4, -0.2) is 22.1 Å². The molecule has 0 bridgehead atoms. The Morgan fingerprint density at radius 1 is 1.14 bits per heavy atom. The van der Waals surface area contributed by atoms with Gasteiger partial charge in [-0.25, -0.2) is 4.79 Å². The highest BCUT2D eigenvalue weighted by Gasteiger charge is 2.15. The molecule has 0 saturated heterocycles. The standard InChI is InChI=1S/C15H12INO4/c1-8-6-9(7-11(13(8)18)15(20)21)17-14(19)10-4-2-3-5-12(10)16/h2-7,18H,1H3,(H,17,19)(H,20,21). The Kier molecular flexibility index (Phi) is 4.46. The fourth-order valence-electron chi connectivity index (χ4n) is 1.86. The number of carbonyl (C=O) groups is 2. The Hall–Kier alpha value is -2.09. The van der Waals surface area contributed by atoms with Crippen molar-refractivity contribution in [2.45, 2.75) is 6.92 Å². The number of aromatic hydroxyl groups is 1. The summed E-state index contributed by atoms with van der Waals surface area (Å²) in [6.07, 6.45) is 0. The molecule has 0 atom stereocenters. The molecule has 0 radical (unpaired) electrons. The molecule has 5 nitrogen and oxygen atoms in total. The van der Waals surface area contributed by atoms with Crippen LogP contribution in [0.15, 0.2) is 36.4 Å². The molecule has 2 aromatic carbocycles. The van der Waals surface area contributed by atoms with Crippen molar-refractivity contribution in [3.63, 3.8) is 0 Å². The number of halogens is 1. The van der Waals surface area contributed by atoms with Crippen LogP contribution in [0.25, 0.3) is 0 Å². The van der Waals surface area contributed by atoms with E-state index in [0.29, 0.717) is 16.8 Å². The summed E-state index contributed by atoms with van der Waals surface area (Å²) < 4.78 is 0.793. The predicted octanol–water partition coefficient (Wildman–Crippen LogP) is 3.26. The molecule has 0 spiro atoms. The summed E-state index contributed by atoms with van der Waals surface area (Å²) in [4.78, 5) is 23.2. The van der Waals surface area contributed by atoms with Crippen molar-refractivity contribution in [2.75, 3.05) is 5.32 Å². The van der Waals surface area contributed by atoms with Crippen molar-refractivity contribution in [1.82, 2.24) is 0 Å². The zero-order valence-electron chi connectivity index (χ0n) is 11.1. The van der Waals surface area contributed by atoms with Gasteiger partial charge in [0.25, 0.3) is 5.91 Å². The molecular weight excluding hydrogens is 385 g/mol. The highest BCUT2D eigenvalue weighted by atomic mass is 127. The number of amides is 1. The monoisotopic (exact) mass is 397 g/mol. The minimum absolute atomic E-state index is 0.243. The first kappa shape index (κ1) is 15.3. The molecule has 6 heteroatoms. The lowest BCUT2D eigenvalue weighted by Gasteiger charge is -2.10. The summed E-state index contributed by atoms with van der Waals surface area (Å²) in [5.74, 6) is -1.88. The van der Waals surface area contributed by atoms with Crippen LogP contribution < -0.4 is 5.32 Å². The Balaban J connectivity index is 2.34. The number of hydrogen-bond acceptors (Lipinski definition) is 3. The second kappa shape index (κ2) is 6.13. The van der Waals surface area contributed by atoms with Gasteiger partial charge in [-0.3, -0.25) is 4.79 Å². The number of aryl methyl sites for hydroxylation is 1. The second-order valence-corrected chi connectivity index (χ2v) is 5.59. The van der Waals surface area contributed by atoms with E-state index in [2.05, 4.69) is 27.9 Å². The van der Waals surface area contributed by atoms with Gasteiger partial charge in [-0.1, -0.05) is 12.1 Å². The number of nitrogens with one attached hydrogen (secondary N) is 1. The number of rotatable bonds is 3. The Labute approximate surface area is 134 Å². The quantitative estimate of drug-likeness (QED) is 0.548. The fraction of sp³-hybridized carbons (Fsp3) is 0.0667. The lowest BCUT2D eigenvalue weighted by molar-refractivity contribution is 0.0693. The van der Waals surface area contributed by atoms with Gasteiger partial charge in [0, 0.05) is 9.26 Å². The van der Waals surface area contributed by atoms with Crippen LogP contribution in [-0.2, 0) is 0 Å². The zero-order chi connectivity index (χ0) is 15.6. The number of phenols is 1. The van der Waals surface area contributed by atoms with E-state index >= 15 is 0 Å². The fourth-order valence-corrected chi connectivity index (χ4v) is 2.49. The molecule has 108 valence electrons. The van der Waals surface area contributed by atoms with Crippen LogP contribution >= 0.6 is 22.6 Å². The van der Waals surface area contributed by atoms with Crippen molar-refractivity contribution in [1.29, 1.82) is 0 Å². The van der Waals surface area contributed by atoms with Crippen LogP contribution in [0.5, 0.6) is 5.75 Å². The van der Waals surface area contributed by atoms with E-state index in [1.807, 2.05) is 6.07 Å². The number of anilines is 1. The highest BCUT2D eigenvalue weighted by Crippen LogP contribution is 2.27. The summed E-state index contributed by atoms with van der Waals surface area (Å²) in [6.45, 7) is 1.57. The molecule has 2 rings (SSSR count). The third-order valence-corrected chi connectivity index (χ3v) is 3.85. The van der Waals surface area contributed by atoms with Gasteiger partial charge in [0.1, 0.15) is 11.3 Å². The molecule has 2 aromatic rings. The number of carbonyl (C=O) groups excluding carboxylic acids is 1. The minimum atomic E-state index is -1.25. The first-order valence-corrected chi connectivity index (χ1v) is 7.11. The molecule has 3 N–H and O–H groups in total. The molecule has 0 unspecified atom stereocenters. The summed E-state index contributed by atoms with van der Waals surface area (Å²) >= 11 is 2.05. The van der Waals surface area contributed by atoms with Crippen molar-refractivity contribution >= 4 is 40.2 Å². The normalized spacial score (nSPS) is 10.2. The van der Waals surface area contributed by atoms with Gasteiger partial charge in [-0.15, -0.1) is 0 Å². The first-order chi connectivity index (χ1) is 9.90. The van der Waals surface area contributed by atoms with E-state index < -0.39 is 5.97 Å². The van der Waals surface area contributed by atoms with Crippen LogP contribution in [0.4, 0.5) is 5.69 Å². The van der Waals surface area contributed by atoms with Gasteiger partial charge in [0.2, 0.25) is 0 Å². The highest BCUT2D eigenvalue weighted by molar-refractivity contribution is 14.1.